The van der Waals surface area contributed by atoms with Gasteiger partial charge in [-0.15, -0.1) is 0 Å². The van der Waals surface area contributed by atoms with Crippen LogP contribution in [0.5, 0.6) is 5.75 Å². The fraction of sp³-hybridized carbons (Fsp3) is 0.600. The van der Waals surface area contributed by atoms with Gasteiger partial charge in [0.05, 0.1) is 6.10 Å². The number of rotatable bonds is 5. The lowest BCUT2D eigenvalue weighted by atomic mass is 10.0. The summed E-state index contributed by atoms with van der Waals surface area (Å²) in [7, 11) is 0. The zero-order valence-corrected chi connectivity index (χ0v) is 10.7. The van der Waals surface area contributed by atoms with E-state index in [1.807, 2.05) is 6.07 Å². The Morgan fingerprint density at radius 2 is 2.12 bits per heavy atom. The van der Waals surface area contributed by atoms with Crippen LogP contribution in [0.4, 0.5) is 0 Å². The molecule has 1 atom stereocenters. The lowest BCUT2D eigenvalue weighted by Crippen LogP contribution is -2.13. The van der Waals surface area contributed by atoms with Crippen molar-refractivity contribution in [2.24, 2.45) is 5.73 Å². The van der Waals surface area contributed by atoms with E-state index in [-0.39, 0.29) is 6.04 Å². The summed E-state index contributed by atoms with van der Waals surface area (Å²) in [5.74, 6) is 0.987. The van der Waals surface area contributed by atoms with Crippen LogP contribution >= 0.6 is 0 Å². The second-order valence-electron chi connectivity index (χ2n) is 4.99. The third-order valence-corrected chi connectivity index (χ3v) is 3.49. The molecule has 17 heavy (non-hydrogen) atoms. The van der Waals surface area contributed by atoms with Crippen LogP contribution in [0.25, 0.3) is 0 Å². The van der Waals surface area contributed by atoms with Crippen molar-refractivity contribution in [1.82, 2.24) is 0 Å². The minimum absolute atomic E-state index is 0.145. The Morgan fingerprint density at radius 1 is 1.35 bits per heavy atom. The van der Waals surface area contributed by atoms with Gasteiger partial charge < -0.3 is 10.5 Å². The van der Waals surface area contributed by atoms with E-state index in [0.717, 1.165) is 18.6 Å². The summed E-state index contributed by atoms with van der Waals surface area (Å²) in [6, 6.07) is 8.45. The van der Waals surface area contributed by atoms with Crippen molar-refractivity contribution in [3.63, 3.8) is 0 Å². The molecular weight excluding hydrogens is 210 g/mol. The van der Waals surface area contributed by atoms with Crippen LogP contribution in [-0.2, 0) is 0 Å². The molecule has 0 aliphatic heterocycles. The summed E-state index contributed by atoms with van der Waals surface area (Å²) in [4.78, 5) is 0. The molecule has 0 saturated heterocycles. The van der Waals surface area contributed by atoms with Gasteiger partial charge in [-0.1, -0.05) is 25.5 Å². The molecule has 0 bridgehead atoms. The van der Waals surface area contributed by atoms with Crippen LogP contribution in [0.15, 0.2) is 24.3 Å². The topological polar surface area (TPSA) is 35.2 Å². The van der Waals surface area contributed by atoms with Gasteiger partial charge in [0.2, 0.25) is 0 Å². The number of nitrogens with two attached hydrogens (primary N) is 1. The first kappa shape index (κ1) is 12.4. The highest BCUT2D eigenvalue weighted by molar-refractivity contribution is 5.30. The SMILES string of the molecule is CCC[C@H](N)c1cccc(OC2CCCC2)c1. The van der Waals surface area contributed by atoms with Gasteiger partial charge in [-0.05, 0) is 49.8 Å². The van der Waals surface area contributed by atoms with E-state index in [0.29, 0.717) is 6.10 Å². The van der Waals surface area contributed by atoms with E-state index >= 15 is 0 Å². The van der Waals surface area contributed by atoms with Gasteiger partial charge in [-0.2, -0.15) is 0 Å². The van der Waals surface area contributed by atoms with Gasteiger partial charge in [0.15, 0.2) is 0 Å². The normalized spacial score (nSPS) is 18.2. The summed E-state index contributed by atoms with van der Waals surface area (Å²) >= 11 is 0. The summed E-state index contributed by atoms with van der Waals surface area (Å²) in [6.45, 7) is 2.17. The maximum atomic E-state index is 6.13. The molecule has 2 heteroatoms. The molecule has 2 nitrogen and oxygen atoms in total. The highest BCUT2D eigenvalue weighted by Gasteiger charge is 2.16. The molecular formula is C15H23NO. The molecule has 0 amide bonds. The van der Waals surface area contributed by atoms with E-state index in [4.69, 9.17) is 10.5 Å². The van der Waals surface area contributed by atoms with Crippen molar-refractivity contribution in [1.29, 1.82) is 0 Å². The Hall–Kier alpha value is -1.02. The molecule has 1 aliphatic carbocycles. The average Bonchev–Trinajstić information content (AvgIpc) is 2.82. The van der Waals surface area contributed by atoms with Gasteiger partial charge in [-0.25, -0.2) is 0 Å². The zero-order valence-electron chi connectivity index (χ0n) is 10.7. The molecule has 2 rings (SSSR count). The first-order chi connectivity index (χ1) is 8.29. The van der Waals surface area contributed by atoms with Crippen molar-refractivity contribution >= 4 is 0 Å². The van der Waals surface area contributed by atoms with Crippen LogP contribution in [0.1, 0.15) is 57.1 Å². The predicted octanol–water partition coefficient (Wildman–Crippen LogP) is 3.81. The molecule has 0 spiro atoms. The number of benzene rings is 1. The van der Waals surface area contributed by atoms with E-state index in [2.05, 4.69) is 25.1 Å². The van der Waals surface area contributed by atoms with Crippen LogP contribution in [0.3, 0.4) is 0 Å². The van der Waals surface area contributed by atoms with E-state index in [1.165, 1.54) is 31.2 Å². The fourth-order valence-electron chi connectivity index (χ4n) is 2.49. The van der Waals surface area contributed by atoms with Crippen LogP contribution in [0, 0.1) is 0 Å². The maximum Gasteiger partial charge on any atom is 0.120 e. The summed E-state index contributed by atoms with van der Waals surface area (Å²) in [5, 5.41) is 0. The molecule has 1 saturated carbocycles. The molecule has 0 heterocycles. The third kappa shape index (κ3) is 3.47. The van der Waals surface area contributed by atoms with E-state index < -0.39 is 0 Å². The molecule has 94 valence electrons. The Labute approximate surface area is 104 Å². The number of ether oxygens (including phenoxy) is 1. The third-order valence-electron chi connectivity index (χ3n) is 3.49. The smallest absolute Gasteiger partial charge is 0.120 e. The maximum absolute atomic E-state index is 6.13. The Balaban J connectivity index is 2.00. The first-order valence-corrected chi connectivity index (χ1v) is 6.82. The van der Waals surface area contributed by atoms with Gasteiger partial charge in [-0.3, -0.25) is 0 Å². The lowest BCUT2D eigenvalue weighted by Gasteiger charge is -2.16. The van der Waals surface area contributed by atoms with Gasteiger partial charge in [0, 0.05) is 6.04 Å². The van der Waals surface area contributed by atoms with Gasteiger partial charge in [0.1, 0.15) is 5.75 Å². The number of hydrogen-bond donors (Lipinski definition) is 1. The van der Waals surface area contributed by atoms with Gasteiger partial charge in [0.25, 0.3) is 0 Å². The van der Waals surface area contributed by atoms with Crippen molar-refractivity contribution in [2.75, 3.05) is 0 Å². The largest absolute Gasteiger partial charge is 0.490 e. The highest BCUT2D eigenvalue weighted by Crippen LogP contribution is 2.26. The van der Waals surface area contributed by atoms with Crippen LogP contribution in [-0.4, -0.2) is 6.10 Å². The predicted molar refractivity (Wildman–Crippen MR) is 71.2 cm³/mol. The van der Waals surface area contributed by atoms with Gasteiger partial charge >= 0.3 is 0 Å². The zero-order chi connectivity index (χ0) is 12.1. The second-order valence-corrected chi connectivity index (χ2v) is 4.99. The minimum Gasteiger partial charge on any atom is -0.490 e. The van der Waals surface area contributed by atoms with Crippen molar-refractivity contribution in [2.45, 2.75) is 57.6 Å². The van der Waals surface area contributed by atoms with Crippen LogP contribution in [0.2, 0.25) is 0 Å². The standard InChI is InChI=1S/C15H23NO/c1-2-6-15(16)12-7-5-10-14(11-12)17-13-8-3-4-9-13/h5,7,10-11,13,15H,2-4,6,8-9,16H2,1H3/t15-/m0/s1. The summed E-state index contributed by atoms with van der Waals surface area (Å²) < 4.78 is 5.99. The molecule has 0 unspecified atom stereocenters. The van der Waals surface area contributed by atoms with Crippen molar-refractivity contribution < 1.29 is 4.74 Å². The molecule has 1 aromatic rings. The van der Waals surface area contributed by atoms with E-state index in [1.54, 1.807) is 0 Å². The molecule has 2 N–H and O–H groups in total. The second kappa shape index (κ2) is 6.06. The average molecular weight is 233 g/mol. The summed E-state index contributed by atoms with van der Waals surface area (Å²) in [6.07, 6.45) is 7.59. The first-order valence-electron chi connectivity index (χ1n) is 6.82. The van der Waals surface area contributed by atoms with E-state index in [9.17, 15) is 0 Å². The quantitative estimate of drug-likeness (QED) is 0.839. The highest BCUT2D eigenvalue weighted by atomic mass is 16.5. The van der Waals surface area contributed by atoms with Crippen molar-refractivity contribution in [3.8, 4) is 5.75 Å². The minimum atomic E-state index is 0.145. The Kier molecular flexibility index (Phi) is 4.43. The Morgan fingerprint density at radius 3 is 2.82 bits per heavy atom. The molecule has 0 aromatic heterocycles. The fourth-order valence-corrected chi connectivity index (χ4v) is 2.49. The summed E-state index contributed by atoms with van der Waals surface area (Å²) in [5.41, 5.74) is 7.32. The molecule has 1 aromatic carbocycles. The molecule has 1 fully saturated rings. The lowest BCUT2D eigenvalue weighted by molar-refractivity contribution is 0.209. The van der Waals surface area contributed by atoms with Crippen LogP contribution < -0.4 is 10.5 Å². The molecule has 1 aliphatic rings. The number of hydrogen-bond acceptors (Lipinski definition) is 2. The van der Waals surface area contributed by atoms with Crippen molar-refractivity contribution in [3.05, 3.63) is 29.8 Å². The monoisotopic (exact) mass is 233 g/mol. The Bertz CT molecular complexity index is 345. The molecule has 0 radical (unpaired) electrons.